The third-order valence-corrected chi connectivity index (χ3v) is 13.5. The zero-order valence-electron chi connectivity index (χ0n) is 44.7. The molecule has 66 heavy (non-hydrogen) atoms. The van der Waals surface area contributed by atoms with Crippen molar-refractivity contribution in [3.8, 4) is 0 Å². The van der Waals surface area contributed by atoms with Crippen LogP contribution in [-0.4, -0.2) is 37.2 Å². The van der Waals surface area contributed by atoms with Crippen LogP contribution in [-0.2, 0) is 28.6 Å². The van der Waals surface area contributed by atoms with Crippen molar-refractivity contribution >= 4 is 17.9 Å². The maximum atomic E-state index is 12.8. The second kappa shape index (κ2) is 55.7. The van der Waals surface area contributed by atoms with Crippen LogP contribution in [0.3, 0.4) is 0 Å². The van der Waals surface area contributed by atoms with E-state index in [2.05, 4.69) is 32.9 Å². The van der Waals surface area contributed by atoms with Crippen molar-refractivity contribution < 1.29 is 28.6 Å². The Morgan fingerprint density at radius 2 is 0.500 bits per heavy atom. The van der Waals surface area contributed by atoms with Gasteiger partial charge < -0.3 is 14.2 Å². The summed E-state index contributed by atoms with van der Waals surface area (Å²) in [5, 5.41) is 0. The normalized spacial score (nSPS) is 12.0. The highest BCUT2D eigenvalue weighted by Crippen LogP contribution is 2.17. The maximum absolute atomic E-state index is 12.8. The molecule has 0 fully saturated rings. The minimum atomic E-state index is -0.768. The van der Waals surface area contributed by atoms with Crippen molar-refractivity contribution in [1.29, 1.82) is 0 Å². The molecule has 0 aromatic heterocycles. The number of rotatable bonds is 55. The Labute approximate surface area is 411 Å². The number of carbonyl (C=O) groups is 3. The van der Waals surface area contributed by atoms with Gasteiger partial charge in [-0.05, 0) is 44.9 Å². The first-order chi connectivity index (χ1) is 32.5. The molecule has 0 N–H and O–H groups in total. The third kappa shape index (κ3) is 53.1. The van der Waals surface area contributed by atoms with Gasteiger partial charge in [0.05, 0.1) is 0 Å². The second-order valence-corrected chi connectivity index (χ2v) is 20.3. The summed E-state index contributed by atoms with van der Waals surface area (Å²) in [6.07, 6.45) is 63.7. The Bertz CT molecular complexity index is 1020. The fourth-order valence-electron chi connectivity index (χ4n) is 9.03. The van der Waals surface area contributed by atoms with E-state index in [9.17, 15) is 14.4 Å². The van der Waals surface area contributed by atoms with Crippen LogP contribution in [0.25, 0.3) is 0 Å². The van der Waals surface area contributed by atoms with E-state index in [0.29, 0.717) is 19.3 Å². The Morgan fingerprint density at radius 1 is 0.288 bits per heavy atom. The largest absolute Gasteiger partial charge is 0.462 e. The number of hydrogen-bond donors (Lipinski definition) is 0. The van der Waals surface area contributed by atoms with Crippen molar-refractivity contribution in [3.05, 3.63) is 12.2 Å². The summed E-state index contributed by atoms with van der Waals surface area (Å²) < 4.78 is 16.8. The van der Waals surface area contributed by atoms with Crippen molar-refractivity contribution in [3.63, 3.8) is 0 Å². The van der Waals surface area contributed by atoms with E-state index in [1.807, 2.05) is 0 Å². The molecular weight excluding hydrogens is 817 g/mol. The zero-order valence-corrected chi connectivity index (χ0v) is 44.7. The topological polar surface area (TPSA) is 78.9 Å². The maximum Gasteiger partial charge on any atom is 0.306 e. The summed E-state index contributed by atoms with van der Waals surface area (Å²) in [5.41, 5.74) is 0. The standard InChI is InChI=1S/C60H114O6/c1-4-7-10-13-16-19-21-23-25-26-27-28-29-30-31-32-33-34-35-37-38-41-44-47-50-53-59(62)65-56-57(55-64-58(61)52-49-46-43-40-18-15-12-9-6-3)66-60(63)54-51-48-45-42-39-36-24-22-20-17-14-11-8-5-2/h22,24,57H,4-21,23,25-56H2,1-3H3/b24-22-. The number of esters is 3. The molecule has 0 aromatic carbocycles. The molecule has 1 unspecified atom stereocenters. The lowest BCUT2D eigenvalue weighted by atomic mass is 10.0. The smallest absolute Gasteiger partial charge is 0.306 e. The number of unbranched alkanes of at least 4 members (excludes halogenated alkanes) is 42. The minimum Gasteiger partial charge on any atom is -0.462 e. The minimum absolute atomic E-state index is 0.0679. The molecule has 0 aliphatic carbocycles. The molecule has 0 saturated heterocycles. The molecule has 0 aromatic rings. The van der Waals surface area contributed by atoms with Crippen molar-refractivity contribution in [1.82, 2.24) is 0 Å². The fraction of sp³-hybridized carbons (Fsp3) is 0.917. The van der Waals surface area contributed by atoms with E-state index in [1.54, 1.807) is 0 Å². The van der Waals surface area contributed by atoms with Gasteiger partial charge in [0.2, 0.25) is 0 Å². The van der Waals surface area contributed by atoms with Gasteiger partial charge in [-0.3, -0.25) is 14.4 Å². The molecule has 0 saturated carbocycles. The summed E-state index contributed by atoms with van der Waals surface area (Å²) in [6, 6.07) is 0. The van der Waals surface area contributed by atoms with E-state index >= 15 is 0 Å². The van der Waals surface area contributed by atoms with Crippen LogP contribution < -0.4 is 0 Å². The summed E-state index contributed by atoms with van der Waals surface area (Å²) in [6.45, 7) is 6.66. The molecule has 0 spiro atoms. The summed E-state index contributed by atoms with van der Waals surface area (Å²) in [4.78, 5) is 38.0. The molecule has 0 amide bonds. The van der Waals surface area contributed by atoms with Crippen molar-refractivity contribution in [2.24, 2.45) is 0 Å². The van der Waals surface area contributed by atoms with Crippen LogP contribution in [0.15, 0.2) is 12.2 Å². The second-order valence-electron chi connectivity index (χ2n) is 20.3. The van der Waals surface area contributed by atoms with Gasteiger partial charge >= 0.3 is 17.9 Å². The number of carbonyl (C=O) groups excluding carboxylic acids is 3. The molecule has 1 atom stereocenters. The molecule has 6 heteroatoms. The predicted octanol–water partition coefficient (Wildman–Crippen LogP) is 19.7. The predicted molar refractivity (Wildman–Crippen MR) is 284 cm³/mol. The van der Waals surface area contributed by atoms with Gasteiger partial charge in [0.15, 0.2) is 6.10 Å². The van der Waals surface area contributed by atoms with Crippen LogP contribution in [0.1, 0.15) is 335 Å². The molecule has 0 aliphatic heterocycles. The van der Waals surface area contributed by atoms with Crippen LogP contribution in [0.4, 0.5) is 0 Å². The Hall–Kier alpha value is -1.85. The average molecular weight is 932 g/mol. The van der Waals surface area contributed by atoms with Crippen LogP contribution in [0, 0.1) is 0 Å². The van der Waals surface area contributed by atoms with Gasteiger partial charge in [-0.1, -0.05) is 283 Å². The molecule has 390 valence electrons. The van der Waals surface area contributed by atoms with E-state index in [4.69, 9.17) is 14.2 Å². The van der Waals surface area contributed by atoms with Crippen molar-refractivity contribution in [2.45, 2.75) is 341 Å². The lowest BCUT2D eigenvalue weighted by Gasteiger charge is -2.18. The summed E-state index contributed by atoms with van der Waals surface area (Å²) in [5.74, 6) is -0.858. The summed E-state index contributed by atoms with van der Waals surface area (Å²) >= 11 is 0. The molecule has 0 rings (SSSR count). The Kier molecular flexibility index (Phi) is 54.2. The van der Waals surface area contributed by atoms with Gasteiger partial charge in [0.25, 0.3) is 0 Å². The van der Waals surface area contributed by atoms with E-state index < -0.39 is 6.10 Å². The first-order valence-electron chi connectivity index (χ1n) is 29.7. The highest BCUT2D eigenvalue weighted by Gasteiger charge is 2.19. The van der Waals surface area contributed by atoms with Gasteiger partial charge in [-0.25, -0.2) is 0 Å². The third-order valence-electron chi connectivity index (χ3n) is 13.5. The number of allylic oxidation sites excluding steroid dienone is 2. The zero-order chi connectivity index (χ0) is 47.9. The van der Waals surface area contributed by atoms with Crippen LogP contribution in [0.2, 0.25) is 0 Å². The molecule has 0 heterocycles. The fourth-order valence-corrected chi connectivity index (χ4v) is 9.03. The highest BCUT2D eigenvalue weighted by molar-refractivity contribution is 5.71. The first-order valence-corrected chi connectivity index (χ1v) is 29.7. The summed E-state index contributed by atoms with van der Waals surface area (Å²) in [7, 11) is 0. The Balaban J connectivity index is 4.11. The molecular formula is C60H114O6. The lowest BCUT2D eigenvalue weighted by molar-refractivity contribution is -0.167. The molecule has 6 nitrogen and oxygen atoms in total. The lowest BCUT2D eigenvalue weighted by Crippen LogP contribution is -2.30. The van der Waals surface area contributed by atoms with Gasteiger partial charge in [-0.2, -0.15) is 0 Å². The Morgan fingerprint density at radius 3 is 0.758 bits per heavy atom. The van der Waals surface area contributed by atoms with Gasteiger partial charge in [0, 0.05) is 19.3 Å². The van der Waals surface area contributed by atoms with Crippen LogP contribution >= 0.6 is 0 Å². The SMILES string of the molecule is CCCCCCC/C=C\CCCCCCCC(=O)OC(COC(=O)CCCCCCCCCCC)COC(=O)CCCCCCCCCCCCCCCCCCCCCCCCCCC. The van der Waals surface area contributed by atoms with E-state index in [-0.39, 0.29) is 31.1 Å². The van der Waals surface area contributed by atoms with E-state index in [1.165, 1.54) is 231 Å². The molecule has 0 bridgehead atoms. The number of ether oxygens (including phenoxy) is 3. The average Bonchev–Trinajstić information content (AvgIpc) is 3.31. The monoisotopic (exact) mass is 931 g/mol. The quantitative estimate of drug-likeness (QED) is 0.0262. The number of hydrogen-bond acceptors (Lipinski definition) is 6. The van der Waals surface area contributed by atoms with E-state index in [0.717, 1.165) is 64.2 Å². The molecule has 0 radical (unpaired) electrons. The molecule has 0 aliphatic rings. The van der Waals surface area contributed by atoms with Gasteiger partial charge in [-0.15, -0.1) is 0 Å². The van der Waals surface area contributed by atoms with Crippen molar-refractivity contribution in [2.75, 3.05) is 13.2 Å². The van der Waals surface area contributed by atoms with Crippen LogP contribution in [0.5, 0.6) is 0 Å². The van der Waals surface area contributed by atoms with Gasteiger partial charge in [0.1, 0.15) is 13.2 Å². The first kappa shape index (κ1) is 64.2. The highest BCUT2D eigenvalue weighted by atomic mass is 16.6.